The number of nitrogens with zero attached hydrogens (tertiary/aromatic N) is 4. The largest absolute Gasteiger partial charge is 0.488 e. The number of aliphatic imine (C=N–C) groups is 1. The Kier molecular flexibility index (Phi) is 3.54. The molecule has 0 bridgehead atoms. The second-order valence-electron chi connectivity index (χ2n) is 7.90. The monoisotopic (exact) mass is 366 g/mol. The van der Waals surface area contributed by atoms with E-state index in [0.29, 0.717) is 12.4 Å². The van der Waals surface area contributed by atoms with Gasteiger partial charge in [0, 0.05) is 18.2 Å². The van der Waals surface area contributed by atoms with Crippen molar-refractivity contribution in [2.75, 3.05) is 11.4 Å². The van der Waals surface area contributed by atoms with Gasteiger partial charge >= 0.3 is 0 Å². The molecule has 2 aliphatic heterocycles. The van der Waals surface area contributed by atoms with Gasteiger partial charge in [-0.3, -0.25) is 0 Å². The van der Waals surface area contributed by atoms with E-state index in [9.17, 15) is 10.2 Å². The van der Waals surface area contributed by atoms with Crippen molar-refractivity contribution in [3.63, 3.8) is 0 Å². The van der Waals surface area contributed by atoms with E-state index in [4.69, 9.17) is 4.74 Å². The van der Waals surface area contributed by atoms with Gasteiger partial charge in [0.15, 0.2) is 0 Å². The van der Waals surface area contributed by atoms with Crippen LogP contribution in [0, 0.1) is 0 Å². The van der Waals surface area contributed by atoms with Crippen molar-refractivity contribution in [3.8, 4) is 5.75 Å². The number of aliphatic hydroxyl groups is 2. The van der Waals surface area contributed by atoms with Gasteiger partial charge in [-0.15, -0.1) is 0 Å². The maximum atomic E-state index is 10.0. The molecular formula is C20H22N4O3. The first-order valence-electron chi connectivity index (χ1n) is 9.31. The summed E-state index contributed by atoms with van der Waals surface area (Å²) in [5.41, 5.74) is 3.47. The Morgan fingerprint density at radius 3 is 2.70 bits per heavy atom. The molecule has 1 aromatic carbocycles. The third-order valence-corrected chi connectivity index (χ3v) is 5.73. The summed E-state index contributed by atoms with van der Waals surface area (Å²) in [6, 6.07) is 7.60. The summed E-state index contributed by atoms with van der Waals surface area (Å²) >= 11 is 0. The van der Waals surface area contributed by atoms with E-state index >= 15 is 0 Å². The van der Waals surface area contributed by atoms with Crippen LogP contribution in [0.5, 0.6) is 5.75 Å². The molecule has 140 valence electrons. The number of rotatable bonds is 4. The first-order chi connectivity index (χ1) is 12.9. The Morgan fingerprint density at radius 2 is 2.00 bits per heavy atom. The maximum Gasteiger partial charge on any atom is 0.133 e. The molecule has 7 nitrogen and oxygen atoms in total. The number of aromatic nitrogens is 2. The van der Waals surface area contributed by atoms with Crippen LogP contribution in [-0.4, -0.2) is 56.3 Å². The summed E-state index contributed by atoms with van der Waals surface area (Å²) in [6.07, 6.45) is 2.12. The van der Waals surface area contributed by atoms with Crippen molar-refractivity contribution in [1.29, 1.82) is 0 Å². The minimum atomic E-state index is -0.784. The highest BCUT2D eigenvalue weighted by molar-refractivity contribution is 6.21. The smallest absolute Gasteiger partial charge is 0.133 e. The normalized spacial score (nSPS) is 27.6. The Morgan fingerprint density at radius 1 is 1.19 bits per heavy atom. The Labute approximate surface area is 157 Å². The van der Waals surface area contributed by atoms with Gasteiger partial charge in [-0.05, 0) is 44.9 Å². The molecule has 3 aliphatic rings. The molecule has 0 spiro atoms. The Hall–Kier alpha value is -2.51. The van der Waals surface area contributed by atoms with Gasteiger partial charge in [0.2, 0.25) is 0 Å². The van der Waals surface area contributed by atoms with Crippen molar-refractivity contribution in [1.82, 2.24) is 9.97 Å². The molecule has 1 aliphatic carbocycles. The van der Waals surface area contributed by atoms with Crippen LogP contribution in [0.1, 0.15) is 37.9 Å². The second kappa shape index (κ2) is 5.74. The molecule has 0 amide bonds. The van der Waals surface area contributed by atoms with Crippen LogP contribution < -0.4 is 9.64 Å². The van der Waals surface area contributed by atoms with Gasteiger partial charge in [0.1, 0.15) is 29.6 Å². The summed E-state index contributed by atoms with van der Waals surface area (Å²) < 4.78 is 6.06. The third-order valence-electron chi connectivity index (χ3n) is 5.73. The minimum absolute atomic E-state index is 0.0229. The SMILES string of the molecule is CC1C(O)C(O)CN1c1cc(C2=Nc3ccc(OC4(C)CC4)cc32)ncn1. The van der Waals surface area contributed by atoms with Crippen molar-refractivity contribution >= 4 is 17.2 Å². The van der Waals surface area contributed by atoms with Gasteiger partial charge < -0.3 is 19.8 Å². The van der Waals surface area contributed by atoms with Crippen LogP contribution in [0.2, 0.25) is 0 Å². The lowest BCUT2D eigenvalue weighted by atomic mass is 9.98. The first kappa shape index (κ1) is 16.6. The number of fused-ring (bicyclic) bond motifs is 1. The predicted molar refractivity (Wildman–Crippen MR) is 101 cm³/mol. The molecular weight excluding hydrogens is 344 g/mol. The maximum absolute atomic E-state index is 10.0. The average Bonchev–Trinajstić information content (AvgIpc) is 3.31. The number of β-amino-alcohol motifs (C(OH)–C–C–N with tert-alkyl or cyclic N) is 1. The summed E-state index contributed by atoms with van der Waals surface area (Å²) in [4.78, 5) is 15.2. The molecule has 2 fully saturated rings. The second-order valence-corrected chi connectivity index (χ2v) is 7.90. The van der Waals surface area contributed by atoms with E-state index in [-0.39, 0.29) is 11.6 Å². The van der Waals surface area contributed by atoms with E-state index in [1.807, 2.05) is 36.1 Å². The zero-order valence-corrected chi connectivity index (χ0v) is 15.3. The lowest BCUT2D eigenvalue weighted by Crippen LogP contribution is -2.33. The zero-order chi connectivity index (χ0) is 18.8. The molecule has 1 saturated heterocycles. The van der Waals surface area contributed by atoms with Gasteiger partial charge in [-0.1, -0.05) is 0 Å². The lowest BCUT2D eigenvalue weighted by Gasteiger charge is -2.24. The number of ether oxygens (including phenoxy) is 1. The minimum Gasteiger partial charge on any atom is -0.488 e. The molecule has 3 atom stereocenters. The molecule has 2 aromatic rings. The van der Waals surface area contributed by atoms with Crippen molar-refractivity contribution in [3.05, 3.63) is 41.9 Å². The third kappa shape index (κ3) is 2.78. The van der Waals surface area contributed by atoms with Gasteiger partial charge in [-0.25, -0.2) is 15.0 Å². The summed E-state index contributed by atoms with van der Waals surface area (Å²) in [7, 11) is 0. The van der Waals surface area contributed by atoms with Crippen molar-refractivity contribution in [2.45, 2.75) is 50.5 Å². The quantitative estimate of drug-likeness (QED) is 0.732. The molecule has 1 saturated carbocycles. The average molecular weight is 366 g/mol. The highest BCUT2D eigenvalue weighted by atomic mass is 16.5. The van der Waals surface area contributed by atoms with E-state index in [0.717, 1.165) is 41.2 Å². The lowest BCUT2D eigenvalue weighted by molar-refractivity contribution is 0.0438. The van der Waals surface area contributed by atoms with E-state index in [1.54, 1.807) is 0 Å². The standard InChI is InChI=1S/C20H22N4O3/c1-11-19(26)16(25)9-24(11)17-8-15(21-10-22-17)18-13-7-12(3-4-14(13)23-18)27-20(2)5-6-20/h3-4,7-8,10-11,16,19,25-26H,5-6,9H2,1-2H3. The molecule has 5 rings (SSSR count). The van der Waals surface area contributed by atoms with Crippen LogP contribution in [0.4, 0.5) is 11.5 Å². The molecule has 27 heavy (non-hydrogen) atoms. The highest BCUT2D eigenvalue weighted by Gasteiger charge is 2.40. The van der Waals surface area contributed by atoms with E-state index < -0.39 is 12.2 Å². The fourth-order valence-corrected chi connectivity index (χ4v) is 3.67. The van der Waals surface area contributed by atoms with E-state index in [1.165, 1.54) is 6.33 Å². The summed E-state index contributed by atoms with van der Waals surface area (Å²) in [5.74, 6) is 1.53. The highest BCUT2D eigenvalue weighted by Crippen LogP contribution is 2.42. The summed E-state index contributed by atoms with van der Waals surface area (Å²) in [5, 5.41) is 19.9. The number of hydrogen-bond donors (Lipinski definition) is 2. The molecule has 0 radical (unpaired) electrons. The van der Waals surface area contributed by atoms with Crippen LogP contribution in [0.3, 0.4) is 0 Å². The number of benzene rings is 1. The topological polar surface area (TPSA) is 91.1 Å². The first-order valence-corrected chi connectivity index (χ1v) is 9.31. The van der Waals surface area contributed by atoms with E-state index in [2.05, 4.69) is 21.9 Å². The number of hydrogen-bond acceptors (Lipinski definition) is 7. The van der Waals surface area contributed by atoms with Gasteiger partial charge in [-0.2, -0.15) is 0 Å². The zero-order valence-electron chi connectivity index (χ0n) is 15.3. The molecule has 3 heterocycles. The summed E-state index contributed by atoms with van der Waals surface area (Å²) in [6.45, 7) is 4.34. The fourth-order valence-electron chi connectivity index (χ4n) is 3.67. The van der Waals surface area contributed by atoms with Gasteiger partial charge in [0.25, 0.3) is 0 Å². The van der Waals surface area contributed by atoms with Gasteiger partial charge in [0.05, 0.1) is 29.2 Å². The molecule has 2 N–H and O–H groups in total. The Balaban J connectivity index is 1.41. The predicted octanol–water partition coefficient (Wildman–Crippen LogP) is 1.82. The van der Waals surface area contributed by atoms with Crippen LogP contribution >= 0.6 is 0 Å². The number of aliphatic hydroxyl groups excluding tert-OH is 2. The van der Waals surface area contributed by atoms with Crippen LogP contribution in [-0.2, 0) is 0 Å². The van der Waals surface area contributed by atoms with Crippen LogP contribution in [0.15, 0.2) is 35.6 Å². The van der Waals surface area contributed by atoms with Crippen molar-refractivity contribution in [2.24, 2.45) is 4.99 Å². The fraction of sp³-hybridized carbons (Fsp3) is 0.450. The molecule has 7 heteroatoms. The Bertz CT molecular complexity index is 941. The molecule has 3 unspecified atom stereocenters. The molecule has 1 aromatic heterocycles. The number of anilines is 1. The van der Waals surface area contributed by atoms with Crippen LogP contribution in [0.25, 0.3) is 0 Å². The van der Waals surface area contributed by atoms with Crippen molar-refractivity contribution < 1.29 is 14.9 Å².